The molecule has 0 radical (unpaired) electrons. The summed E-state index contributed by atoms with van der Waals surface area (Å²) in [6, 6.07) is 11.1. The molecule has 2 aromatic heterocycles. The van der Waals surface area contributed by atoms with Gasteiger partial charge in [-0.15, -0.1) is 5.10 Å². The van der Waals surface area contributed by atoms with E-state index < -0.39 is 0 Å². The predicted molar refractivity (Wildman–Crippen MR) is 91.3 cm³/mol. The van der Waals surface area contributed by atoms with E-state index in [0.29, 0.717) is 17.6 Å². The third kappa shape index (κ3) is 3.58. The van der Waals surface area contributed by atoms with E-state index in [1.54, 1.807) is 6.07 Å². The van der Waals surface area contributed by atoms with Crippen LogP contribution in [-0.2, 0) is 0 Å². The molecule has 3 aromatic rings. The van der Waals surface area contributed by atoms with Crippen LogP contribution in [0.4, 0.5) is 23.4 Å². The minimum absolute atomic E-state index is 0.00402. The highest BCUT2D eigenvalue weighted by Gasteiger charge is 2.11. The fourth-order valence-corrected chi connectivity index (χ4v) is 2.04. The molecule has 9 nitrogen and oxygen atoms in total. The molecule has 0 unspecified atom stereocenters. The zero-order valence-corrected chi connectivity index (χ0v) is 13.1. The van der Waals surface area contributed by atoms with Gasteiger partial charge in [0.05, 0.1) is 6.61 Å². The van der Waals surface area contributed by atoms with Crippen molar-refractivity contribution in [1.29, 1.82) is 0 Å². The van der Waals surface area contributed by atoms with Crippen LogP contribution in [0.5, 0.6) is 0 Å². The van der Waals surface area contributed by atoms with Crippen LogP contribution >= 0.6 is 0 Å². The van der Waals surface area contributed by atoms with Crippen LogP contribution in [0.2, 0.25) is 0 Å². The zero-order chi connectivity index (χ0) is 16.9. The molecular weight excluding hydrogens is 308 g/mol. The number of nitrogens with zero attached hydrogens (tertiary/aromatic N) is 5. The molecular formula is C15H18N8O. The summed E-state index contributed by atoms with van der Waals surface area (Å²) in [6.07, 6.45) is 1.40. The van der Waals surface area contributed by atoms with E-state index in [0.717, 1.165) is 5.69 Å². The minimum atomic E-state index is -0.129. The maximum atomic E-state index is 9.11. The van der Waals surface area contributed by atoms with Gasteiger partial charge in [-0.25, -0.2) is 9.97 Å². The van der Waals surface area contributed by atoms with Gasteiger partial charge in [-0.1, -0.05) is 18.2 Å². The number of aliphatic hydroxyl groups is 1. The number of nitrogen functional groups attached to an aromatic ring is 1. The molecule has 0 aliphatic heterocycles. The van der Waals surface area contributed by atoms with Crippen molar-refractivity contribution in [2.45, 2.75) is 13.0 Å². The molecule has 0 bridgehead atoms. The van der Waals surface area contributed by atoms with Crippen molar-refractivity contribution in [2.24, 2.45) is 0 Å². The third-order valence-electron chi connectivity index (χ3n) is 3.20. The SMILES string of the molecule is C[C@@H](CO)Nc1cc(-n2nc(Nc3ccccc3)nc2N)ncn1. The van der Waals surface area contributed by atoms with Crippen molar-refractivity contribution < 1.29 is 5.11 Å². The van der Waals surface area contributed by atoms with Crippen LogP contribution in [0.3, 0.4) is 0 Å². The lowest BCUT2D eigenvalue weighted by atomic mass is 10.3. The Morgan fingerprint density at radius 2 is 2.04 bits per heavy atom. The monoisotopic (exact) mass is 326 g/mol. The van der Waals surface area contributed by atoms with Gasteiger partial charge in [-0.2, -0.15) is 9.67 Å². The Kier molecular flexibility index (Phi) is 4.52. The summed E-state index contributed by atoms with van der Waals surface area (Å²) in [5.74, 6) is 1.61. The number of nitrogens with one attached hydrogen (secondary N) is 2. The van der Waals surface area contributed by atoms with Crippen molar-refractivity contribution in [1.82, 2.24) is 24.7 Å². The normalized spacial score (nSPS) is 11.9. The Hall–Kier alpha value is -3.20. The number of benzene rings is 1. The van der Waals surface area contributed by atoms with Crippen LogP contribution in [0.15, 0.2) is 42.7 Å². The van der Waals surface area contributed by atoms with E-state index in [2.05, 4.69) is 30.7 Å². The smallest absolute Gasteiger partial charge is 0.248 e. The highest BCUT2D eigenvalue weighted by atomic mass is 16.3. The second-order valence-electron chi connectivity index (χ2n) is 5.19. The van der Waals surface area contributed by atoms with Gasteiger partial charge < -0.3 is 21.5 Å². The molecule has 0 aliphatic carbocycles. The van der Waals surface area contributed by atoms with Gasteiger partial charge in [-0.3, -0.25) is 0 Å². The van der Waals surface area contributed by atoms with Gasteiger partial charge >= 0.3 is 0 Å². The van der Waals surface area contributed by atoms with Gasteiger partial charge in [0.15, 0.2) is 5.82 Å². The Morgan fingerprint density at radius 1 is 1.25 bits per heavy atom. The number of para-hydroxylation sites is 1. The lowest BCUT2D eigenvalue weighted by molar-refractivity contribution is 0.281. The minimum Gasteiger partial charge on any atom is -0.394 e. The van der Waals surface area contributed by atoms with E-state index in [1.165, 1.54) is 11.0 Å². The largest absolute Gasteiger partial charge is 0.394 e. The van der Waals surface area contributed by atoms with Crippen molar-refractivity contribution in [3.63, 3.8) is 0 Å². The Balaban J connectivity index is 1.83. The number of hydrogen-bond acceptors (Lipinski definition) is 8. The van der Waals surface area contributed by atoms with Crippen molar-refractivity contribution >= 4 is 23.4 Å². The molecule has 0 saturated carbocycles. The van der Waals surface area contributed by atoms with Gasteiger partial charge in [0.1, 0.15) is 12.1 Å². The first-order valence-corrected chi connectivity index (χ1v) is 7.40. The molecule has 24 heavy (non-hydrogen) atoms. The van der Waals surface area contributed by atoms with Crippen molar-refractivity contribution in [2.75, 3.05) is 23.0 Å². The number of rotatable bonds is 6. The summed E-state index contributed by atoms with van der Waals surface area (Å²) in [5.41, 5.74) is 6.79. The molecule has 1 atom stereocenters. The molecule has 0 fully saturated rings. The van der Waals surface area contributed by atoms with Crippen LogP contribution in [0, 0.1) is 0 Å². The Labute approximate surface area is 138 Å². The summed E-state index contributed by atoms with van der Waals surface area (Å²) >= 11 is 0. The quantitative estimate of drug-likeness (QED) is 0.532. The predicted octanol–water partition coefficient (Wildman–Crippen LogP) is 1.18. The molecule has 5 N–H and O–H groups in total. The lowest BCUT2D eigenvalue weighted by Gasteiger charge is -2.11. The third-order valence-corrected chi connectivity index (χ3v) is 3.20. The molecule has 0 aliphatic rings. The first-order valence-electron chi connectivity index (χ1n) is 7.40. The topological polar surface area (TPSA) is 127 Å². The Bertz CT molecular complexity index is 804. The summed E-state index contributed by atoms with van der Waals surface area (Å²) in [6.45, 7) is 1.84. The average molecular weight is 326 g/mol. The number of hydrogen-bond donors (Lipinski definition) is 4. The lowest BCUT2D eigenvalue weighted by Crippen LogP contribution is -2.20. The first-order chi connectivity index (χ1) is 11.7. The van der Waals surface area contributed by atoms with Gasteiger partial charge in [0, 0.05) is 17.8 Å². The molecule has 1 aromatic carbocycles. The molecule has 0 saturated heterocycles. The fourth-order valence-electron chi connectivity index (χ4n) is 2.04. The van der Waals surface area contributed by atoms with E-state index in [4.69, 9.17) is 10.8 Å². The highest BCUT2D eigenvalue weighted by Crippen LogP contribution is 2.17. The van der Waals surface area contributed by atoms with Crippen molar-refractivity contribution in [3.05, 3.63) is 42.7 Å². The van der Waals surface area contributed by atoms with Crippen LogP contribution in [0.25, 0.3) is 5.82 Å². The second-order valence-corrected chi connectivity index (χ2v) is 5.19. The van der Waals surface area contributed by atoms with E-state index in [-0.39, 0.29) is 18.6 Å². The standard InChI is InChI=1S/C15H18N8O/c1-10(8-24)19-12-7-13(18-9-17-12)23-14(16)21-15(22-23)20-11-5-3-2-4-6-11/h2-7,9-10,24H,8H2,1H3,(H,17,18,19)(H3,16,20,21,22)/t10-/m0/s1. The fraction of sp³-hybridized carbons (Fsp3) is 0.200. The summed E-state index contributed by atoms with van der Waals surface area (Å²) in [5, 5.41) is 19.6. The number of aliphatic hydroxyl groups excluding tert-OH is 1. The van der Waals surface area contributed by atoms with Crippen molar-refractivity contribution in [3.8, 4) is 5.82 Å². The maximum Gasteiger partial charge on any atom is 0.248 e. The van der Waals surface area contributed by atoms with Crippen LogP contribution < -0.4 is 16.4 Å². The summed E-state index contributed by atoms with van der Waals surface area (Å²) < 4.78 is 1.42. The van der Waals surface area contributed by atoms with E-state index >= 15 is 0 Å². The number of aromatic nitrogens is 5. The summed E-state index contributed by atoms with van der Waals surface area (Å²) in [7, 11) is 0. The maximum absolute atomic E-state index is 9.11. The molecule has 124 valence electrons. The second kappa shape index (κ2) is 6.92. The van der Waals surface area contributed by atoms with Gasteiger partial charge in [0.2, 0.25) is 11.9 Å². The van der Waals surface area contributed by atoms with Gasteiger partial charge in [0.25, 0.3) is 0 Å². The molecule has 0 spiro atoms. The number of anilines is 4. The molecule has 0 amide bonds. The molecule has 9 heteroatoms. The molecule has 3 rings (SSSR count). The highest BCUT2D eigenvalue weighted by molar-refractivity contribution is 5.54. The average Bonchev–Trinajstić information content (AvgIpc) is 2.96. The Morgan fingerprint density at radius 3 is 2.79 bits per heavy atom. The van der Waals surface area contributed by atoms with Gasteiger partial charge in [-0.05, 0) is 19.1 Å². The zero-order valence-electron chi connectivity index (χ0n) is 13.1. The van der Waals surface area contributed by atoms with Crippen LogP contribution in [0.1, 0.15) is 6.92 Å². The van der Waals surface area contributed by atoms with E-state index in [1.807, 2.05) is 37.3 Å². The summed E-state index contributed by atoms with van der Waals surface area (Å²) in [4.78, 5) is 12.5. The van der Waals surface area contributed by atoms with Crippen LogP contribution in [-0.4, -0.2) is 42.5 Å². The number of nitrogens with two attached hydrogens (primary N) is 1. The first kappa shape index (κ1) is 15.7. The molecule has 2 heterocycles. The van der Waals surface area contributed by atoms with E-state index in [9.17, 15) is 0 Å².